The molecule has 3 rings (SSSR count). The Labute approximate surface area is 141 Å². The maximum Gasteiger partial charge on any atom is 0.118 e. The van der Waals surface area contributed by atoms with Gasteiger partial charge in [0.15, 0.2) is 0 Å². The third-order valence-corrected chi connectivity index (χ3v) is 5.29. The summed E-state index contributed by atoms with van der Waals surface area (Å²) in [5, 5.41) is 12.2. The summed E-state index contributed by atoms with van der Waals surface area (Å²) in [5.74, 6) is 3.40. The Morgan fingerprint density at radius 3 is 1.57 bits per heavy atom. The van der Waals surface area contributed by atoms with E-state index in [9.17, 15) is 5.21 Å². The van der Waals surface area contributed by atoms with Crippen molar-refractivity contribution in [2.24, 2.45) is 0 Å². The van der Waals surface area contributed by atoms with Crippen molar-refractivity contribution in [3.63, 3.8) is 0 Å². The lowest BCUT2D eigenvalue weighted by Crippen LogP contribution is -2.36. The van der Waals surface area contributed by atoms with Gasteiger partial charge >= 0.3 is 0 Å². The lowest BCUT2D eigenvalue weighted by Gasteiger charge is -2.37. The van der Waals surface area contributed by atoms with Gasteiger partial charge in [0.1, 0.15) is 11.5 Å². The maximum absolute atomic E-state index is 10.7. The normalized spacial score (nSPS) is 21.9. The van der Waals surface area contributed by atoms with Crippen LogP contribution in [0.4, 0.5) is 0 Å². The van der Waals surface area contributed by atoms with E-state index in [0.29, 0.717) is 0 Å². The molecule has 0 unspecified atom stereocenters. The molecule has 1 aliphatic rings. The van der Waals surface area contributed by atoms with E-state index in [-0.39, 0.29) is 12.1 Å². The number of rotatable bonds is 4. The monoisotopic (exact) mass is 331 g/mol. The van der Waals surface area contributed by atoms with Gasteiger partial charge in [-0.3, -0.25) is 0 Å². The molecule has 0 aromatic heterocycles. The minimum atomic E-state index is -0.0215. The molecule has 0 saturated carbocycles. The van der Waals surface area contributed by atoms with Crippen LogP contribution < -0.4 is 9.47 Å². The van der Waals surface area contributed by atoms with Crippen LogP contribution in [-0.4, -0.2) is 36.0 Å². The number of hydrogen-bond acceptors (Lipinski definition) is 5. The standard InChI is InChI=1S/C18H21NO3S/c1-21-15-7-3-13(4-8-15)17-11-23-12-18(19(17)20)14-5-9-16(22-2)10-6-14/h3-10,17-18,20H,11-12H2,1-2H3/t17-,18+. The third kappa shape index (κ3) is 3.47. The van der Waals surface area contributed by atoms with Gasteiger partial charge in [0, 0.05) is 11.5 Å². The van der Waals surface area contributed by atoms with Crippen LogP contribution in [0.15, 0.2) is 48.5 Å². The second-order valence-corrected chi connectivity index (χ2v) is 6.57. The molecule has 122 valence electrons. The molecule has 5 heteroatoms. The van der Waals surface area contributed by atoms with Crippen molar-refractivity contribution in [3.05, 3.63) is 59.7 Å². The van der Waals surface area contributed by atoms with Crippen LogP contribution >= 0.6 is 11.8 Å². The lowest BCUT2D eigenvalue weighted by molar-refractivity contribution is -0.155. The first-order valence-electron chi connectivity index (χ1n) is 7.56. The van der Waals surface area contributed by atoms with Gasteiger partial charge in [-0.25, -0.2) is 0 Å². The summed E-state index contributed by atoms with van der Waals surface area (Å²) < 4.78 is 10.4. The number of hydrogen-bond donors (Lipinski definition) is 1. The van der Waals surface area contributed by atoms with Crippen molar-refractivity contribution >= 4 is 11.8 Å². The van der Waals surface area contributed by atoms with Gasteiger partial charge in [-0.1, -0.05) is 24.3 Å². The van der Waals surface area contributed by atoms with E-state index in [1.165, 1.54) is 5.06 Å². The highest BCUT2D eigenvalue weighted by atomic mass is 32.2. The average molecular weight is 331 g/mol. The fourth-order valence-corrected chi connectivity index (χ4v) is 4.08. The highest BCUT2D eigenvalue weighted by molar-refractivity contribution is 7.99. The number of hydroxylamine groups is 2. The summed E-state index contributed by atoms with van der Waals surface area (Å²) in [5.41, 5.74) is 2.19. The highest BCUT2D eigenvalue weighted by Gasteiger charge is 2.32. The quantitative estimate of drug-likeness (QED) is 0.919. The Balaban J connectivity index is 1.80. The van der Waals surface area contributed by atoms with Crippen LogP contribution in [0.2, 0.25) is 0 Å². The van der Waals surface area contributed by atoms with E-state index < -0.39 is 0 Å². The van der Waals surface area contributed by atoms with Gasteiger partial charge in [-0.15, -0.1) is 0 Å². The molecule has 23 heavy (non-hydrogen) atoms. The molecule has 0 radical (unpaired) electrons. The number of ether oxygens (including phenoxy) is 2. The first kappa shape index (κ1) is 16.2. The molecule has 1 saturated heterocycles. The Kier molecular flexibility index (Phi) is 5.10. The van der Waals surface area contributed by atoms with E-state index in [1.54, 1.807) is 14.2 Å². The summed E-state index contributed by atoms with van der Waals surface area (Å²) in [7, 11) is 3.31. The van der Waals surface area contributed by atoms with Crippen molar-refractivity contribution in [2.75, 3.05) is 25.7 Å². The topological polar surface area (TPSA) is 41.9 Å². The highest BCUT2D eigenvalue weighted by Crippen LogP contribution is 2.39. The summed E-state index contributed by atoms with van der Waals surface area (Å²) >= 11 is 1.86. The zero-order valence-corrected chi connectivity index (χ0v) is 14.1. The predicted molar refractivity (Wildman–Crippen MR) is 92.4 cm³/mol. The van der Waals surface area contributed by atoms with Crippen LogP contribution in [-0.2, 0) is 0 Å². The van der Waals surface area contributed by atoms with Crippen molar-refractivity contribution in [1.29, 1.82) is 0 Å². The molecule has 1 heterocycles. The van der Waals surface area contributed by atoms with Crippen molar-refractivity contribution in [1.82, 2.24) is 5.06 Å². The number of methoxy groups -OCH3 is 2. The summed E-state index contributed by atoms with van der Waals surface area (Å²) in [6.45, 7) is 0. The predicted octanol–water partition coefficient (Wildman–Crippen LogP) is 3.92. The number of thioether (sulfide) groups is 1. The Morgan fingerprint density at radius 2 is 1.22 bits per heavy atom. The third-order valence-electron chi connectivity index (χ3n) is 4.19. The van der Waals surface area contributed by atoms with Crippen molar-refractivity contribution in [3.8, 4) is 11.5 Å². The number of benzene rings is 2. The molecule has 0 aliphatic carbocycles. The molecule has 2 atom stereocenters. The van der Waals surface area contributed by atoms with Crippen LogP contribution in [0.25, 0.3) is 0 Å². The molecular weight excluding hydrogens is 310 g/mol. The molecule has 2 aromatic carbocycles. The molecule has 4 nitrogen and oxygen atoms in total. The van der Waals surface area contributed by atoms with Gasteiger partial charge in [0.2, 0.25) is 0 Å². The van der Waals surface area contributed by atoms with Crippen LogP contribution in [0.5, 0.6) is 11.5 Å². The molecule has 0 bridgehead atoms. The zero-order chi connectivity index (χ0) is 16.2. The van der Waals surface area contributed by atoms with Gasteiger partial charge in [-0.05, 0) is 35.4 Å². The van der Waals surface area contributed by atoms with Gasteiger partial charge in [-0.2, -0.15) is 16.8 Å². The molecule has 2 aromatic rings. The first-order valence-corrected chi connectivity index (χ1v) is 8.71. The average Bonchev–Trinajstić information content (AvgIpc) is 2.62. The van der Waals surface area contributed by atoms with E-state index in [0.717, 1.165) is 34.1 Å². The van der Waals surface area contributed by atoms with Crippen LogP contribution in [0.3, 0.4) is 0 Å². The summed E-state index contributed by atoms with van der Waals surface area (Å²) in [4.78, 5) is 0. The second-order valence-electron chi connectivity index (χ2n) is 5.50. The molecule has 0 spiro atoms. The molecular formula is C18H21NO3S. The van der Waals surface area contributed by atoms with E-state index in [1.807, 2.05) is 60.3 Å². The van der Waals surface area contributed by atoms with Gasteiger partial charge in [0.25, 0.3) is 0 Å². The maximum atomic E-state index is 10.7. The Hall–Kier alpha value is -1.69. The number of nitrogens with zero attached hydrogens (tertiary/aromatic N) is 1. The summed E-state index contributed by atoms with van der Waals surface area (Å²) in [6.07, 6.45) is 0. The fourth-order valence-electron chi connectivity index (χ4n) is 2.81. The second kappa shape index (κ2) is 7.25. The largest absolute Gasteiger partial charge is 0.497 e. The fraction of sp³-hybridized carbons (Fsp3) is 0.333. The van der Waals surface area contributed by atoms with Crippen molar-refractivity contribution in [2.45, 2.75) is 12.1 Å². The van der Waals surface area contributed by atoms with Crippen LogP contribution in [0, 0.1) is 0 Å². The first-order chi connectivity index (χ1) is 11.2. The molecule has 1 N–H and O–H groups in total. The zero-order valence-electron chi connectivity index (χ0n) is 13.3. The van der Waals surface area contributed by atoms with E-state index in [4.69, 9.17) is 9.47 Å². The SMILES string of the molecule is COc1ccc([C@H]2CSC[C@@H](c3ccc(OC)cc3)N2O)cc1. The Morgan fingerprint density at radius 1 is 0.826 bits per heavy atom. The summed E-state index contributed by atoms with van der Waals surface area (Å²) in [6, 6.07) is 15.8. The Bertz CT molecular complexity index is 574. The lowest BCUT2D eigenvalue weighted by atomic mass is 10.0. The van der Waals surface area contributed by atoms with Gasteiger partial charge < -0.3 is 14.7 Å². The van der Waals surface area contributed by atoms with E-state index in [2.05, 4.69) is 0 Å². The van der Waals surface area contributed by atoms with Crippen molar-refractivity contribution < 1.29 is 14.7 Å². The molecule has 1 fully saturated rings. The minimum absolute atomic E-state index is 0.0215. The van der Waals surface area contributed by atoms with Gasteiger partial charge in [0.05, 0.1) is 26.3 Å². The van der Waals surface area contributed by atoms with E-state index >= 15 is 0 Å². The smallest absolute Gasteiger partial charge is 0.118 e. The minimum Gasteiger partial charge on any atom is -0.497 e. The molecule has 1 aliphatic heterocycles. The van der Waals surface area contributed by atoms with Crippen LogP contribution in [0.1, 0.15) is 23.2 Å². The molecule has 0 amide bonds.